The average molecular weight is 319 g/mol. The molecular weight excluding hydrogens is 302 g/mol. The van der Waals surface area contributed by atoms with E-state index in [1.807, 2.05) is 36.4 Å². The third-order valence-electron chi connectivity index (χ3n) is 5.24. The number of aliphatic imine (C=N–C) groups is 1. The van der Waals surface area contributed by atoms with Crippen molar-refractivity contribution in [3.8, 4) is 11.5 Å². The smallest absolute Gasteiger partial charge is 0.231 e. The van der Waals surface area contributed by atoms with Crippen LogP contribution in [0.5, 0.6) is 11.5 Å². The predicted molar refractivity (Wildman–Crippen MR) is 90.3 cm³/mol. The number of benzene rings is 2. The van der Waals surface area contributed by atoms with Gasteiger partial charge in [0.05, 0.1) is 11.1 Å². The van der Waals surface area contributed by atoms with Crippen LogP contribution in [0.1, 0.15) is 30.4 Å². The van der Waals surface area contributed by atoms with Crippen molar-refractivity contribution in [1.29, 1.82) is 0 Å². The van der Waals surface area contributed by atoms with E-state index < -0.39 is 0 Å². The minimum Gasteiger partial charge on any atom is -0.454 e. The van der Waals surface area contributed by atoms with Gasteiger partial charge in [-0.05, 0) is 42.2 Å². The van der Waals surface area contributed by atoms with Gasteiger partial charge in [0.1, 0.15) is 5.78 Å². The maximum Gasteiger partial charge on any atom is 0.231 e. The Morgan fingerprint density at radius 3 is 2.75 bits per heavy atom. The van der Waals surface area contributed by atoms with Crippen molar-refractivity contribution < 1.29 is 14.3 Å². The van der Waals surface area contributed by atoms with Crippen molar-refractivity contribution in [3.63, 3.8) is 0 Å². The second-order valence-corrected chi connectivity index (χ2v) is 6.73. The number of rotatable bonds is 4. The number of carbonyl (C=O) groups excluding carboxylic acids is 1. The second-order valence-electron chi connectivity index (χ2n) is 6.73. The first kappa shape index (κ1) is 13.8. The van der Waals surface area contributed by atoms with E-state index in [0.717, 1.165) is 47.7 Å². The largest absolute Gasteiger partial charge is 0.454 e. The van der Waals surface area contributed by atoms with E-state index >= 15 is 0 Å². The first-order valence-electron chi connectivity index (χ1n) is 8.32. The van der Waals surface area contributed by atoms with Gasteiger partial charge in [-0.25, -0.2) is 0 Å². The van der Waals surface area contributed by atoms with Gasteiger partial charge in [0.25, 0.3) is 0 Å². The Labute approximate surface area is 140 Å². The number of ether oxygens (including phenoxy) is 2. The summed E-state index contributed by atoms with van der Waals surface area (Å²) < 4.78 is 10.8. The Bertz CT molecular complexity index is 880. The highest BCUT2D eigenvalue weighted by Gasteiger charge is 2.51. The molecule has 0 spiro atoms. The molecule has 0 aromatic heterocycles. The monoisotopic (exact) mass is 319 g/mol. The fraction of sp³-hybridized carbons (Fsp3) is 0.300. The first-order valence-corrected chi connectivity index (χ1v) is 8.32. The molecule has 1 fully saturated rings. The molecule has 0 N–H and O–H groups in total. The Morgan fingerprint density at radius 2 is 1.92 bits per heavy atom. The highest BCUT2D eigenvalue weighted by atomic mass is 16.7. The summed E-state index contributed by atoms with van der Waals surface area (Å²) >= 11 is 0. The normalized spacial score (nSPS) is 18.9. The topological polar surface area (TPSA) is 47.9 Å². The molecule has 5 rings (SSSR count). The van der Waals surface area contributed by atoms with Gasteiger partial charge in [0, 0.05) is 18.6 Å². The van der Waals surface area contributed by atoms with Gasteiger partial charge in [0.15, 0.2) is 11.5 Å². The third kappa shape index (κ3) is 2.06. The molecule has 4 nitrogen and oxygen atoms in total. The molecule has 0 radical (unpaired) electrons. The zero-order chi connectivity index (χ0) is 16.1. The van der Waals surface area contributed by atoms with Crippen LogP contribution in [0.2, 0.25) is 0 Å². The number of para-hydroxylation sites is 1. The molecular formula is C20H17NO3. The summed E-state index contributed by atoms with van der Waals surface area (Å²) in [4.78, 5) is 17.6. The molecule has 3 aliphatic rings. The SMILES string of the molecule is O=C(CC1=Nc2ccccc2C1)C1(c2ccc3c(c2)OCO3)CC1. The summed E-state index contributed by atoms with van der Waals surface area (Å²) in [6.45, 7) is 0.259. The van der Waals surface area contributed by atoms with Crippen LogP contribution in [0.25, 0.3) is 0 Å². The van der Waals surface area contributed by atoms with Gasteiger partial charge >= 0.3 is 0 Å². The number of nitrogens with zero attached hydrogens (tertiary/aromatic N) is 1. The van der Waals surface area contributed by atoms with E-state index in [0.29, 0.717) is 6.42 Å². The van der Waals surface area contributed by atoms with Crippen LogP contribution in [0.4, 0.5) is 5.69 Å². The van der Waals surface area contributed by atoms with Gasteiger partial charge < -0.3 is 9.47 Å². The number of hydrogen-bond acceptors (Lipinski definition) is 4. The van der Waals surface area contributed by atoms with Crippen LogP contribution in [-0.4, -0.2) is 18.3 Å². The highest BCUT2D eigenvalue weighted by molar-refractivity contribution is 6.10. The molecule has 0 amide bonds. The molecule has 4 heteroatoms. The molecule has 24 heavy (non-hydrogen) atoms. The van der Waals surface area contributed by atoms with Crippen LogP contribution in [0, 0.1) is 0 Å². The quantitative estimate of drug-likeness (QED) is 0.862. The van der Waals surface area contributed by atoms with Crippen LogP contribution < -0.4 is 9.47 Å². The van der Waals surface area contributed by atoms with Crippen LogP contribution in [-0.2, 0) is 16.6 Å². The summed E-state index contributed by atoms with van der Waals surface area (Å²) in [7, 11) is 0. The van der Waals surface area contributed by atoms with Gasteiger partial charge in [0.2, 0.25) is 6.79 Å². The van der Waals surface area contributed by atoms with E-state index in [9.17, 15) is 4.79 Å². The Hall–Kier alpha value is -2.62. The number of ketones is 1. The van der Waals surface area contributed by atoms with Crippen molar-refractivity contribution in [2.24, 2.45) is 4.99 Å². The predicted octanol–water partition coefficient (Wildman–Crippen LogP) is 3.73. The molecule has 0 unspecified atom stereocenters. The molecule has 2 aromatic carbocycles. The van der Waals surface area contributed by atoms with Gasteiger partial charge in [-0.1, -0.05) is 24.3 Å². The van der Waals surface area contributed by atoms with Crippen molar-refractivity contribution in [2.75, 3.05) is 6.79 Å². The lowest BCUT2D eigenvalue weighted by molar-refractivity contribution is -0.120. The van der Waals surface area contributed by atoms with Gasteiger partial charge in [-0.2, -0.15) is 0 Å². The van der Waals surface area contributed by atoms with E-state index in [1.54, 1.807) is 0 Å². The molecule has 0 saturated heterocycles. The van der Waals surface area contributed by atoms with E-state index in [1.165, 1.54) is 5.56 Å². The fourth-order valence-electron chi connectivity index (χ4n) is 3.70. The third-order valence-corrected chi connectivity index (χ3v) is 5.24. The maximum absolute atomic E-state index is 13.0. The van der Waals surface area contributed by atoms with E-state index in [4.69, 9.17) is 9.47 Å². The lowest BCUT2D eigenvalue weighted by Gasteiger charge is -2.15. The molecule has 2 aromatic rings. The standard InChI is InChI=1S/C20H17NO3/c22-19(11-15-9-13-3-1-2-4-16(13)21-15)20(7-8-20)14-5-6-17-18(10-14)24-12-23-17/h1-6,10H,7-9,11-12H2. The molecule has 120 valence electrons. The fourth-order valence-corrected chi connectivity index (χ4v) is 3.70. The Kier molecular flexibility index (Phi) is 2.84. The minimum atomic E-state index is -0.349. The second kappa shape index (κ2) is 4.94. The summed E-state index contributed by atoms with van der Waals surface area (Å²) in [5.41, 5.74) is 3.90. The lowest BCUT2D eigenvalue weighted by atomic mass is 9.88. The molecule has 2 aliphatic heterocycles. The summed E-state index contributed by atoms with van der Waals surface area (Å²) in [5.74, 6) is 1.78. The Balaban J connectivity index is 1.38. The summed E-state index contributed by atoms with van der Waals surface area (Å²) in [5, 5.41) is 0. The van der Waals surface area contributed by atoms with Gasteiger partial charge in [-0.15, -0.1) is 0 Å². The number of Topliss-reactive ketones (excluding diaryl/α,β-unsaturated/α-hetero) is 1. The van der Waals surface area contributed by atoms with Crippen LogP contribution >= 0.6 is 0 Å². The minimum absolute atomic E-state index is 0.259. The molecule has 1 saturated carbocycles. The van der Waals surface area contributed by atoms with Crippen molar-refractivity contribution in [1.82, 2.24) is 0 Å². The van der Waals surface area contributed by atoms with E-state index in [2.05, 4.69) is 11.1 Å². The highest BCUT2D eigenvalue weighted by Crippen LogP contribution is 2.52. The Morgan fingerprint density at radius 1 is 1.08 bits per heavy atom. The van der Waals surface area contributed by atoms with E-state index in [-0.39, 0.29) is 18.0 Å². The number of hydrogen-bond donors (Lipinski definition) is 0. The van der Waals surface area contributed by atoms with Gasteiger partial charge in [-0.3, -0.25) is 9.79 Å². The van der Waals surface area contributed by atoms with Crippen molar-refractivity contribution in [3.05, 3.63) is 53.6 Å². The molecule has 1 aliphatic carbocycles. The summed E-state index contributed by atoms with van der Waals surface area (Å²) in [6.07, 6.45) is 3.04. The maximum atomic E-state index is 13.0. The first-order chi connectivity index (χ1) is 11.7. The molecule has 2 heterocycles. The number of carbonyl (C=O) groups is 1. The zero-order valence-electron chi connectivity index (χ0n) is 13.2. The molecule has 0 atom stereocenters. The lowest BCUT2D eigenvalue weighted by Crippen LogP contribution is -2.23. The van der Waals surface area contributed by atoms with Crippen molar-refractivity contribution >= 4 is 17.2 Å². The average Bonchev–Trinajstić information content (AvgIpc) is 3.10. The zero-order valence-corrected chi connectivity index (χ0v) is 13.2. The number of fused-ring (bicyclic) bond motifs is 2. The van der Waals surface area contributed by atoms with Crippen molar-refractivity contribution in [2.45, 2.75) is 31.1 Å². The van der Waals surface area contributed by atoms with Crippen LogP contribution in [0.3, 0.4) is 0 Å². The summed E-state index contributed by atoms with van der Waals surface area (Å²) in [6, 6.07) is 14.0. The molecule has 0 bridgehead atoms. The van der Waals surface area contributed by atoms with Crippen LogP contribution in [0.15, 0.2) is 47.5 Å².